The number of azide groups is 3. The van der Waals surface area contributed by atoms with Crippen LogP contribution in [0, 0.1) is 0 Å². The summed E-state index contributed by atoms with van der Waals surface area (Å²) < 4.78 is 79.8. The standard InChI is InChI=1S/2C14H19N4O7P.C11H14N4O5.C5H13OP/c2*1-8(2)24-26(21)22-7-10-12(25-26)14(3,16-17-15)13(23-10)18-5-4-9(19)6-11(18)20;1-11(13-14-12)9(19)7(5-16)20-10(11)15-3-2-6(17)4-8(15)18;1-5(2)6-7(3)4/h2*4-5,8,10,12-13H,6-7H2,1-3H3;2-3,7,9-10,16,19H,4-5H2,1H3;5H,1-4H3/t2*10-,12-,13-,14-,26?;7-,9-,10-,11-;/m111./s1. The van der Waals surface area contributed by atoms with Gasteiger partial charge in [-0.3, -0.25) is 70.6 Å². The zero-order chi connectivity index (χ0) is 59.0. The number of rotatable bonds is 13. The van der Waals surface area contributed by atoms with Gasteiger partial charge in [-0.2, -0.15) is 0 Å². The number of allylic oxidation sites excluding steroid dienone is 3. The number of aliphatic hydroxyl groups excluding tert-OH is 2. The minimum atomic E-state index is -3.87. The van der Waals surface area contributed by atoms with Gasteiger partial charge in [0.15, 0.2) is 36.0 Å². The highest BCUT2D eigenvalue weighted by atomic mass is 31.2. The van der Waals surface area contributed by atoms with Crippen molar-refractivity contribution in [3.63, 3.8) is 0 Å². The van der Waals surface area contributed by atoms with Gasteiger partial charge in [0.1, 0.15) is 47.1 Å². The normalized spacial score (nSPS) is 36.6. The summed E-state index contributed by atoms with van der Waals surface area (Å²) in [7, 11) is -7.89. The molecule has 35 heteroatoms. The van der Waals surface area contributed by atoms with Gasteiger partial charge in [-0.15, -0.1) is 0 Å². The lowest BCUT2D eigenvalue weighted by atomic mass is 9.92. The SMILES string of the molecule is CC(C)OP(C)C.CC(C)OP1(=O)OC[C@H]2O[C@@H](N3C=CC(=O)CC3=O)[C@](C)(N=[N+]=[N-])[C@@H]2O1.CC(C)OP1(=O)OC[C@H]2O[C@@H](N3C=CC(=O)CC3=O)[C@](C)(N=[N+]=[N-])[C@@H]2O1.C[C@@]1(N=[N+]=[N-])[C@H](O)[C@@H](CO)O[C@H]1N1C=CC(=O)CC1=O. The fourth-order valence-corrected chi connectivity index (χ4v) is 13.2. The Hall–Kier alpha value is -5.02. The van der Waals surface area contributed by atoms with E-state index in [0.29, 0.717) is 6.10 Å². The van der Waals surface area contributed by atoms with Gasteiger partial charge in [0.2, 0.25) is 17.7 Å². The molecule has 0 bridgehead atoms. The maximum Gasteiger partial charge on any atom is 0.475 e. The number of nitrogens with zero attached hydrogens (tertiary/aromatic N) is 12. The van der Waals surface area contributed by atoms with Gasteiger partial charge in [-0.25, -0.2) is 9.13 Å². The van der Waals surface area contributed by atoms with Crippen molar-refractivity contribution in [1.82, 2.24) is 14.7 Å². The maximum atomic E-state index is 12.7. The van der Waals surface area contributed by atoms with E-state index in [-0.39, 0.29) is 58.0 Å². The van der Waals surface area contributed by atoms with Crippen molar-refractivity contribution >= 4 is 58.9 Å². The molecule has 0 saturated carbocycles. The molecule has 8 heterocycles. The molecule has 14 atom stereocenters. The molecule has 0 aromatic rings. The molecule has 0 spiro atoms. The molecule has 0 radical (unpaired) electrons. The topological polar surface area (TPSA) is 425 Å². The summed E-state index contributed by atoms with van der Waals surface area (Å²) in [6, 6.07) is 0. The lowest BCUT2D eigenvalue weighted by Gasteiger charge is -2.38. The number of ketones is 3. The number of hydrogen-bond donors (Lipinski definition) is 2. The average molecular weight is 1170 g/mol. The van der Waals surface area contributed by atoms with Crippen LogP contribution in [0.4, 0.5) is 0 Å². The molecule has 2 N–H and O–H groups in total. The summed E-state index contributed by atoms with van der Waals surface area (Å²) >= 11 is 0. The molecule has 79 heavy (non-hydrogen) atoms. The molecule has 8 rings (SSSR count). The number of carbonyl (C=O) groups is 6. The number of carbonyl (C=O) groups excluding carboxylic acids is 6. The first-order valence-electron chi connectivity index (χ1n) is 24.5. The molecular weight excluding hydrogens is 1110 g/mol. The molecule has 8 aliphatic rings. The summed E-state index contributed by atoms with van der Waals surface area (Å²) in [6.45, 7) is 18.8. The van der Waals surface area contributed by atoms with Gasteiger partial charge in [0.25, 0.3) is 0 Å². The van der Waals surface area contributed by atoms with Gasteiger partial charge in [-0.1, -0.05) is 15.3 Å². The van der Waals surface area contributed by atoms with Crippen molar-refractivity contribution in [2.45, 2.75) is 172 Å². The summed E-state index contributed by atoms with van der Waals surface area (Å²) in [4.78, 5) is 82.2. The van der Waals surface area contributed by atoms with E-state index in [1.165, 1.54) is 67.4 Å². The molecule has 3 amide bonds. The van der Waals surface area contributed by atoms with Crippen LogP contribution in [0.2, 0.25) is 0 Å². The molecular formula is C44H65N12O20P3. The molecule has 2 unspecified atom stereocenters. The van der Waals surface area contributed by atoms with Crippen LogP contribution in [0.25, 0.3) is 31.3 Å². The molecule has 32 nitrogen and oxygen atoms in total. The number of hydrogen-bond acceptors (Lipinski definition) is 23. The minimum absolute atomic E-state index is 0.119. The first kappa shape index (κ1) is 64.8. The molecule has 5 fully saturated rings. The van der Waals surface area contributed by atoms with Crippen LogP contribution in [0.5, 0.6) is 0 Å². The minimum Gasteiger partial charge on any atom is -0.394 e. The maximum absolute atomic E-state index is 12.7. The zero-order valence-corrected chi connectivity index (χ0v) is 47.8. The average Bonchev–Trinajstić information content (AvgIpc) is 3.91. The van der Waals surface area contributed by atoms with E-state index in [1.807, 2.05) is 0 Å². The lowest BCUT2D eigenvalue weighted by molar-refractivity contribution is -0.148. The van der Waals surface area contributed by atoms with Crippen LogP contribution in [0.15, 0.2) is 52.2 Å². The fourth-order valence-electron chi connectivity index (χ4n) is 9.06. The highest BCUT2D eigenvalue weighted by Crippen LogP contribution is 2.60. The quantitative estimate of drug-likeness (QED) is 0.0744. The second kappa shape index (κ2) is 26.7. The van der Waals surface area contributed by atoms with Crippen LogP contribution < -0.4 is 0 Å². The van der Waals surface area contributed by atoms with E-state index in [4.69, 9.17) is 67.6 Å². The molecule has 436 valence electrons. The van der Waals surface area contributed by atoms with Crippen molar-refractivity contribution in [3.8, 4) is 0 Å². The fraction of sp³-hybridized carbons (Fsp3) is 0.727. The van der Waals surface area contributed by atoms with Gasteiger partial charge in [-0.05, 0) is 110 Å². The van der Waals surface area contributed by atoms with E-state index in [0.717, 1.165) is 4.90 Å². The molecule has 0 aliphatic carbocycles. The summed E-state index contributed by atoms with van der Waals surface area (Å²) in [5, 5.41) is 30.4. The lowest BCUT2D eigenvalue weighted by Crippen LogP contribution is -2.53. The third-order valence-electron chi connectivity index (χ3n) is 12.4. The Morgan fingerprint density at radius 2 is 0.975 bits per heavy atom. The van der Waals surface area contributed by atoms with Gasteiger partial charge in [0, 0.05) is 41.5 Å². The Morgan fingerprint density at radius 1 is 0.633 bits per heavy atom. The van der Waals surface area contributed by atoms with Crippen LogP contribution in [-0.4, -0.2) is 183 Å². The van der Waals surface area contributed by atoms with E-state index in [2.05, 4.69) is 57.3 Å². The Morgan fingerprint density at radius 3 is 1.25 bits per heavy atom. The first-order valence-corrected chi connectivity index (χ1v) is 29.6. The second-order valence-corrected chi connectivity index (χ2v) is 25.0. The number of phosphoric ester groups is 2. The monoisotopic (exact) mass is 1170 g/mol. The van der Waals surface area contributed by atoms with Crippen molar-refractivity contribution in [2.75, 3.05) is 33.2 Å². The third kappa shape index (κ3) is 15.1. The van der Waals surface area contributed by atoms with Crippen LogP contribution in [0.3, 0.4) is 0 Å². The zero-order valence-electron chi connectivity index (χ0n) is 45.1. The summed E-state index contributed by atoms with van der Waals surface area (Å²) in [5.74, 6) is -2.52. The first-order chi connectivity index (χ1) is 36.9. The van der Waals surface area contributed by atoms with E-state index in [9.17, 15) is 43.0 Å². The van der Waals surface area contributed by atoms with Gasteiger partial charge in [0.05, 0.1) is 63.5 Å². The number of amides is 3. The van der Waals surface area contributed by atoms with Gasteiger partial charge >= 0.3 is 15.6 Å². The predicted molar refractivity (Wildman–Crippen MR) is 273 cm³/mol. The van der Waals surface area contributed by atoms with E-state index < -0.39 is 124 Å². The highest BCUT2D eigenvalue weighted by molar-refractivity contribution is 7.50. The third-order valence-corrected chi connectivity index (χ3v) is 16.5. The van der Waals surface area contributed by atoms with Crippen molar-refractivity contribution < 1.29 is 94.0 Å². The Kier molecular flexibility index (Phi) is 21.9. The summed E-state index contributed by atoms with van der Waals surface area (Å²) in [6.07, 6.45) is -2.67. The number of aliphatic hydroxyl groups is 2. The predicted octanol–water partition coefficient (Wildman–Crippen LogP) is 5.60. The molecule has 5 saturated heterocycles. The van der Waals surface area contributed by atoms with Crippen LogP contribution in [-0.2, 0) is 83.8 Å². The number of ether oxygens (including phenoxy) is 3. The van der Waals surface area contributed by atoms with Crippen molar-refractivity contribution in [2.24, 2.45) is 15.3 Å². The van der Waals surface area contributed by atoms with Crippen molar-refractivity contribution in [3.05, 3.63) is 68.2 Å². The second-order valence-electron chi connectivity index (χ2n) is 20.0. The van der Waals surface area contributed by atoms with Crippen molar-refractivity contribution in [1.29, 1.82) is 0 Å². The van der Waals surface area contributed by atoms with E-state index >= 15 is 0 Å². The van der Waals surface area contributed by atoms with E-state index in [1.54, 1.807) is 27.7 Å². The highest BCUT2D eigenvalue weighted by Gasteiger charge is 2.64. The van der Waals surface area contributed by atoms with Gasteiger partial charge < -0.3 is 28.9 Å². The Bertz CT molecular complexity index is 2550. The summed E-state index contributed by atoms with van der Waals surface area (Å²) in [5.41, 5.74) is 22.4. The largest absolute Gasteiger partial charge is 0.475 e. The molecule has 0 aromatic heterocycles. The molecule has 0 aromatic carbocycles. The Balaban J connectivity index is 0.000000207. The number of phosphoric acid groups is 2. The number of fused-ring (bicyclic) bond motifs is 2. The van der Waals surface area contributed by atoms with Crippen LogP contribution in [0.1, 0.15) is 81.6 Å². The Labute approximate surface area is 454 Å². The molecule has 8 aliphatic heterocycles. The smallest absolute Gasteiger partial charge is 0.394 e. The van der Waals surface area contributed by atoms with Crippen LogP contribution >= 0.6 is 23.8 Å².